The Balaban J connectivity index is 1.48. The topological polar surface area (TPSA) is 74.2 Å². The number of hydrogen-bond donors (Lipinski definition) is 1. The van der Waals surface area contributed by atoms with Crippen LogP contribution in [0.1, 0.15) is 22.3 Å². The Kier molecular flexibility index (Phi) is 10.1. The summed E-state index contributed by atoms with van der Waals surface area (Å²) in [4.78, 5) is 0. The Labute approximate surface area is 248 Å². The maximum Gasteiger partial charge on any atom is 0.416 e. The molecule has 0 radical (unpaired) electrons. The van der Waals surface area contributed by atoms with Crippen molar-refractivity contribution in [3.8, 4) is 0 Å². The van der Waals surface area contributed by atoms with Crippen LogP contribution in [-0.4, -0.2) is 35.9 Å². The van der Waals surface area contributed by atoms with Crippen LogP contribution in [0.2, 0.25) is 0 Å². The van der Waals surface area contributed by atoms with E-state index in [4.69, 9.17) is 18.7 Å². The van der Waals surface area contributed by atoms with E-state index < -0.39 is 43.3 Å². The van der Waals surface area contributed by atoms with E-state index in [1.807, 2.05) is 91.0 Å². The molecule has 4 aromatic carbocycles. The van der Waals surface area contributed by atoms with Crippen molar-refractivity contribution in [1.29, 1.82) is 0 Å². The van der Waals surface area contributed by atoms with E-state index in [1.165, 1.54) is 6.07 Å². The number of hydrogen-bond acceptors (Lipinski definition) is 6. The first-order chi connectivity index (χ1) is 20.7. The second kappa shape index (κ2) is 14.0. The second-order valence-corrected chi connectivity index (χ2v) is 12.7. The van der Waals surface area contributed by atoms with Crippen molar-refractivity contribution in [2.45, 2.75) is 50.2 Å². The number of halogens is 3. The third-order valence-electron chi connectivity index (χ3n) is 7.12. The molecule has 5 rings (SSSR count). The van der Waals surface area contributed by atoms with E-state index in [2.05, 4.69) is 0 Å². The van der Waals surface area contributed by atoms with Gasteiger partial charge in [-0.25, -0.2) is 0 Å². The predicted molar refractivity (Wildman–Crippen MR) is 156 cm³/mol. The molecule has 5 atom stereocenters. The molecule has 1 N–H and O–H groups in total. The van der Waals surface area contributed by atoms with Crippen molar-refractivity contribution in [1.82, 2.24) is 0 Å². The van der Waals surface area contributed by atoms with Gasteiger partial charge in [0.05, 0.1) is 32.0 Å². The maximum atomic E-state index is 14.5. The minimum atomic E-state index is -4.68. The first-order valence-electron chi connectivity index (χ1n) is 13.8. The Morgan fingerprint density at radius 1 is 0.698 bits per heavy atom. The summed E-state index contributed by atoms with van der Waals surface area (Å²) in [5, 5.41) is 11.3. The minimum Gasteiger partial charge on any atom is -0.380 e. The highest BCUT2D eigenvalue weighted by Gasteiger charge is 2.54. The van der Waals surface area contributed by atoms with Gasteiger partial charge >= 0.3 is 6.18 Å². The quantitative estimate of drug-likeness (QED) is 0.190. The highest BCUT2D eigenvalue weighted by Crippen LogP contribution is 2.57. The van der Waals surface area contributed by atoms with Crippen molar-refractivity contribution < 1.29 is 41.6 Å². The molecule has 0 aromatic heterocycles. The average Bonchev–Trinajstić information content (AvgIpc) is 3.02. The van der Waals surface area contributed by atoms with Crippen LogP contribution in [0.15, 0.2) is 115 Å². The molecule has 1 heterocycles. The van der Waals surface area contributed by atoms with Gasteiger partial charge in [-0.2, -0.15) is 13.2 Å². The van der Waals surface area contributed by atoms with Gasteiger partial charge in [-0.05, 0) is 34.9 Å². The van der Waals surface area contributed by atoms with Crippen LogP contribution in [0, 0.1) is 0 Å². The normalized spacial score (nSPS) is 24.1. The Hall–Kier alpha value is -3.30. The van der Waals surface area contributed by atoms with E-state index in [1.54, 1.807) is 0 Å². The summed E-state index contributed by atoms with van der Waals surface area (Å²) in [5.41, 5.74) is 1.51. The minimum absolute atomic E-state index is 0.0357. The van der Waals surface area contributed by atoms with Crippen molar-refractivity contribution in [2.24, 2.45) is 0 Å². The lowest BCUT2D eigenvalue weighted by Crippen LogP contribution is -2.55. The van der Waals surface area contributed by atoms with Crippen LogP contribution < -0.4 is 5.30 Å². The van der Waals surface area contributed by atoms with Crippen LogP contribution in [0.25, 0.3) is 0 Å². The molecular weight excluding hydrogens is 580 g/mol. The van der Waals surface area contributed by atoms with Gasteiger partial charge in [0.25, 0.3) is 7.37 Å². The summed E-state index contributed by atoms with van der Waals surface area (Å²) in [6.45, 7) is 0.247. The largest absolute Gasteiger partial charge is 0.416 e. The summed E-state index contributed by atoms with van der Waals surface area (Å²) in [7, 11) is -4.36. The van der Waals surface area contributed by atoms with Gasteiger partial charge in [0.15, 0.2) is 5.85 Å². The summed E-state index contributed by atoms with van der Waals surface area (Å²) < 4.78 is 79.8. The standard InChI is InChI=1S/C33H32F3O6P/c34-33(35,36)27-17-10-18-28(19-27)43(38)32(37)31(41-22-26-15-8-3-9-16-26)30(40-21-25-13-6-2-7-14-25)29(42-43)23-39-20-24-11-4-1-5-12-24/h1-19,29-32,37H,20-23H2/t29-,30-,31+,32-,43-/m1/s1. The number of aliphatic hydroxyl groups is 1. The van der Waals surface area contributed by atoms with Gasteiger partial charge in [-0.15, -0.1) is 0 Å². The van der Waals surface area contributed by atoms with E-state index in [9.17, 15) is 22.8 Å². The van der Waals surface area contributed by atoms with Gasteiger partial charge in [-0.1, -0.05) is 97.1 Å². The fourth-order valence-electron chi connectivity index (χ4n) is 4.90. The van der Waals surface area contributed by atoms with Crippen LogP contribution in [0.3, 0.4) is 0 Å². The SMILES string of the molecule is O=[P@]1(c2cccc(C(F)(F)F)c2)O[C@H](COCc2ccccc2)[C@@H](OCc2ccccc2)[C@H](OCc2ccccc2)[C@@H]1O. The van der Waals surface area contributed by atoms with Crippen LogP contribution in [0.5, 0.6) is 0 Å². The molecule has 1 aliphatic heterocycles. The van der Waals surface area contributed by atoms with Gasteiger partial charge in [-0.3, -0.25) is 4.57 Å². The third-order valence-corrected chi connectivity index (χ3v) is 9.69. The highest BCUT2D eigenvalue weighted by atomic mass is 31.2. The van der Waals surface area contributed by atoms with E-state index >= 15 is 0 Å². The summed E-state index contributed by atoms with van der Waals surface area (Å²) in [6.07, 6.45) is -7.92. The fraction of sp³-hybridized carbons (Fsp3) is 0.273. The molecule has 1 fully saturated rings. The Bertz CT molecular complexity index is 1490. The van der Waals surface area contributed by atoms with Gasteiger partial charge < -0.3 is 23.8 Å². The zero-order valence-electron chi connectivity index (χ0n) is 23.2. The fourth-order valence-corrected chi connectivity index (χ4v) is 7.29. The van der Waals surface area contributed by atoms with Crippen LogP contribution >= 0.6 is 7.37 Å². The van der Waals surface area contributed by atoms with E-state index in [0.29, 0.717) is 0 Å². The summed E-state index contributed by atoms with van der Waals surface area (Å²) in [6, 6.07) is 31.9. The predicted octanol–water partition coefficient (Wildman–Crippen LogP) is 6.71. The Morgan fingerprint density at radius 2 is 1.21 bits per heavy atom. The molecule has 10 heteroatoms. The molecule has 0 saturated carbocycles. The zero-order valence-corrected chi connectivity index (χ0v) is 24.1. The number of aliphatic hydroxyl groups excluding tert-OH is 1. The summed E-state index contributed by atoms with van der Waals surface area (Å²) >= 11 is 0. The molecule has 226 valence electrons. The maximum absolute atomic E-state index is 14.5. The van der Waals surface area contributed by atoms with Crippen molar-refractivity contribution in [2.75, 3.05) is 6.61 Å². The average molecular weight is 613 g/mol. The Morgan fingerprint density at radius 3 is 1.74 bits per heavy atom. The number of benzene rings is 4. The molecule has 0 unspecified atom stereocenters. The van der Waals surface area contributed by atoms with E-state index in [0.717, 1.165) is 34.9 Å². The lowest BCUT2D eigenvalue weighted by Gasteiger charge is -2.44. The van der Waals surface area contributed by atoms with E-state index in [-0.39, 0.29) is 31.7 Å². The smallest absolute Gasteiger partial charge is 0.380 e. The van der Waals surface area contributed by atoms with Gasteiger partial charge in [0.1, 0.15) is 18.3 Å². The third kappa shape index (κ3) is 7.81. The van der Waals surface area contributed by atoms with Gasteiger partial charge in [0, 0.05) is 5.30 Å². The molecule has 4 aromatic rings. The highest BCUT2D eigenvalue weighted by molar-refractivity contribution is 7.67. The molecule has 0 spiro atoms. The monoisotopic (exact) mass is 612 g/mol. The first-order valence-corrected chi connectivity index (χ1v) is 15.5. The molecule has 6 nitrogen and oxygen atoms in total. The van der Waals surface area contributed by atoms with Crippen molar-refractivity contribution in [3.63, 3.8) is 0 Å². The summed E-state index contributed by atoms with van der Waals surface area (Å²) in [5.74, 6) is -1.81. The number of rotatable bonds is 11. The number of ether oxygens (including phenoxy) is 3. The number of alkyl halides is 3. The molecule has 0 amide bonds. The van der Waals surface area contributed by atoms with Crippen LogP contribution in [0.4, 0.5) is 13.2 Å². The molecule has 1 saturated heterocycles. The molecule has 0 aliphatic carbocycles. The lowest BCUT2D eigenvalue weighted by molar-refractivity contribution is -0.174. The van der Waals surface area contributed by atoms with Crippen LogP contribution in [-0.2, 0) is 49.3 Å². The van der Waals surface area contributed by atoms with Crippen molar-refractivity contribution >= 4 is 12.7 Å². The molecular formula is C33H32F3O6P. The van der Waals surface area contributed by atoms with Crippen molar-refractivity contribution in [3.05, 3.63) is 138 Å². The first kappa shape index (κ1) is 31.1. The molecule has 43 heavy (non-hydrogen) atoms. The molecule has 0 bridgehead atoms. The second-order valence-electron chi connectivity index (χ2n) is 10.2. The van der Waals surface area contributed by atoms with Gasteiger partial charge in [0.2, 0.25) is 0 Å². The molecule has 1 aliphatic rings. The lowest BCUT2D eigenvalue weighted by atomic mass is 10.1. The zero-order chi connectivity index (χ0) is 30.3.